The van der Waals surface area contributed by atoms with E-state index in [1.165, 1.54) is 25.6 Å². The van der Waals surface area contributed by atoms with E-state index < -0.39 is 10.8 Å². The number of aryl methyl sites for hydroxylation is 1. The number of nitrogens with zero attached hydrogens (tertiary/aromatic N) is 5. The van der Waals surface area contributed by atoms with E-state index in [1.54, 1.807) is 48.0 Å². The molecule has 11 heteroatoms. The van der Waals surface area contributed by atoms with Gasteiger partial charge in [-0.3, -0.25) is 14.9 Å². The van der Waals surface area contributed by atoms with Crippen LogP contribution < -0.4 is 10.1 Å². The van der Waals surface area contributed by atoms with Crippen LogP contribution in [0.2, 0.25) is 0 Å². The quantitative estimate of drug-likeness (QED) is 0.257. The van der Waals surface area contributed by atoms with Crippen molar-refractivity contribution in [1.29, 1.82) is 5.26 Å². The van der Waals surface area contributed by atoms with E-state index >= 15 is 0 Å². The van der Waals surface area contributed by atoms with Gasteiger partial charge in [0.15, 0.2) is 5.16 Å². The topological polar surface area (TPSA) is 136 Å². The Morgan fingerprint density at radius 3 is 2.65 bits per heavy atom. The molecule has 0 spiro atoms. The molecule has 3 aromatic rings. The lowest BCUT2D eigenvalue weighted by Gasteiger charge is -2.06. The van der Waals surface area contributed by atoms with Crippen LogP contribution in [0, 0.1) is 21.4 Å². The molecule has 2 aromatic carbocycles. The van der Waals surface area contributed by atoms with E-state index in [0.29, 0.717) is 27.1 Å². The predicted octanol–water partition coefficient (Wildman–Crippen LogP) is 3.43. The van der Waals surface area contributed by atoms with Gasteiger partial charge in [0.25, 0.3) is 11.6 Å². The van der Waals surface area contributed by atoms with E-state index in [9.17, 15) is 20.2 Å². The summed E-state index contributed by atoms with van der Waals surface area (Å²) in [5.74, 6) is -0.00602. The smallest absolute Gasteiger partial charge is 0.283 e. The molecular weight excluding hydrogens is 420 g/mol. The third kappa shape index (κ3) is 5.26. The molecule has 0 aliphatic heterocycles. The Hall–Kier alpha value is -4.17. The number of benzene rings is 2. The summed E-state index contributed by atoms with van der Waals surface area (Å²) >= 11 is 1.09. The van der Waals surface area contributed by atoms with Crippen molar-refractivity contribution < 1.29 is 14.5 Å². The number of nitriles is 1. The minimum atomic E-state index is -0.632. The summed E-state index contributed by atoms with van der Waals surface area (Å²) in [6.45, 7) is 0. The number of amides is 1. The Kier molecular flexibility index (Phi) is 6.64. The van der Waals surface area contributed by atoms with E-state index in [1.807, 2.05) is 6.07 Å². The van der Waals surface area contributed by atoms with Crippen molar-refractivity contribution >= 4 is 35.1 Å². The second-order valence-electron chi connectivity index (χ2n) is 6.16. The van der Waals surface area contributed by atoms with Crippen molar-refractivity contribution in [3.8, 4) is 11.8 Å². The van der Waals surface area contributed by atoms with Gasteiger partial charge in [-0.05, 0) is 53.7 Å². The van der Waals surface area contributed by atoms with Gasteiger partial charge < -0.3 is 14.6 Å². The first kappa shape index (κ1) is 21.5. The number of nitro groups is 1. The fraction of sp³-hybridized carbons (Fsp3) is 0.100. The molecule has 0 atom stereocenters. The molecule has 0 aliphatic carbocycles. The molecule has 1 amide bonds. The molecule has 0 bridgehead atoms. The van der Waals surface area contributed by atoms with Crippen molar-refractivity contribution in [3.63, 3.8) is 0 Å². The lowest BCUT2D eigenvalue weighted by molar-refractivity contribution is -0.387. The van der Waals surface area contributed by atoms with Gasteiger partial charge in [0.2, 0.25) is 0 Å². The maximum Gasteiger partial charge on any atom is 0.283 e. The number of ether oxygens (including phenoxy) is 1. The van der Waals surface area contributed by atoms with Crippen molar-refractivity contribution in [2.24, 2.45) is 7.05 Å². The third-order valence-electron chi connectivity index (χ3n) is 4.07. The van der Waals surface area contributed by atoms with Gasteiger partial charge in [0.05, 0.1) is 16.9 Å². The first-order valence-corrected chi connectivity index (χ1v) is 9.60. The zero-order valence-electron chi connectivity index (χ0n) is 16.5. The Labute approximate surface area is 181 Å². The Bertz CT molecular complexity index is 1200. The molecule has 0 radical (unpaired) electrons. The van der Waals surface area contributed by atoms with Crippen LogP contribution in [-0.4, -0.2) is 32.7 Å². The summed E-state index contributed by atoms with van der Waals surface area (Å²) in [6.07, 6.45) is 2.79. The summed E-state index contributed by atoms with van der Waals surface area (Å²) in [6, 6.07) is 12.9. The van der Waals surface area contributed by atoms with Crippen LogP contribution in [-0.2, 0) is 11.8 Å². The molecular formula is C20H16N6O4S. The lowest BCUT2D eigenvalue weighted by atomic mass is 10.1. The number of nitrogens with one attached hydrogen (secondary N) is 1. The highest BCUT2D eigenvalue weighted by Crippen LogP contribution is 2.34. The average Bonchev–Trinajstić information content (AvgIpc) is 3.17. The van der Waals surface area contributed by atoms with Crippen LogP contribution in [0.25, 0.3) is 6.08 Å². The average molecular weight is 436 g/mol. The van der Waals surface area contributed by atoms with Crippen LogP contribution in [0.15, 0.2) is 64.4 Å². The number of methoxy groups -OCH3 is 1. The number of carbonyl (C=O) groups is 1. The van der Waals surface area contributed by atoms with Crippen molar-refractivity contribution in [1.82, 2.24) is 14.8 Å². The SMILES string of the molecule is COc1ccc(NC(=O)/C(C#N)=C/c2ccc(Sc3nncn3C)c([N+](=O)[O-])c2)cc1. The normalized spacial score (nSPS) is 10.9. The Balaban J connectivity index is 1.84. The summed E-state index contributed by atoms with van der Waals surface area (Å²) in [5.41, 5.74) is 0.456. The van der Waals surface area contributed by atoms with Gasteiger partial charge in [-0.2, -0.15) is 5.26 Å². The maximum absolute atomic E-state index is 12.4. The Morgan fingerprint density at radius 2 is 2.06 bits per heavy atom. The van der Waals surface area contributed by atoms with Crippen molar-refractivity contribution in [2.75, 3.05) is 12.4 Å². The van der Waals surface area contributed by atoms with Crippen molar-refractivity contribution in [3.05, 3.63) is 70.0 Å². The van der Waals surface area contributed by atoms with E-state index in [4.69, 9.17) is 4.74 Å². The molecule has 0 aliphatic rings. The molecule has 0 saturated carbocycles. The van der Waals surface area contributed by atoms with Crippen molar-refractivity contribution in [2.45, 2.75) is 10.1 Å². The number of carbonyl (C=O) groups excluding carboxylic acids is 1. The standard InChI is InChI=1S/C20H16N6O4S/c1-25-12-22-24-20(25)31-18-8-3-13(10-17(18)26(28)29)9-14(11-21)19(27)23-15-4-6-16(30-2)7-5-15/h3-10,12H,1-2H3,(H,23,27)/b14-9+. The molecule has 156 valence electrons. The number of rotatable bonds is 7. The van der Waals surface area contributed by atoms with Gasteiger partial charge in [-0.15, -0.1) is 10.2 Å². The van der Waals surface area contributed by atoms with E-state index in [-0.39, 0.29) is 11.3 Å². The zero-order chi connectivity index (χ0) is 22.4. The number of aromatic nitrogens is 3. The second kappa shape index (κ2) is 9.55. The number of anilines is 1. The molecule has 1 aromatic heterocycles. The molecule has 0 fully saturated rings. The molecule has 1 N–H and O–H groups in total. The van der Waals surface area contributed by atoms with Gasteiger partial charge in [-0.25, -0.2) is 0 Å². The first-order valence-electron chi connectivity index (χ1n) is 8.78. The predicted molar refractivity (Wildman–Crippen MR) is 113 cm³/mol. The summed E-state index contributed by atoms with van der Waals surface area (Å²) in [7, 11) is 3.26. The molecule has 3 rings (SSSR count). The number of nitro benzene ring substituents is 1. The fourth-order valence-corrected chi connectivity index (χ4v) is 3.35. The molecule has 10 nitrogen and oxygen atoms in total. The minimum absolute atomic E-state index is 0.172. The van der Waals surface area contributed by atoms with Gasteiger partial charge in [-0.1, -0.05) is 6.07 Å². The fourth-order valence-electron chi connectivity index (χ4n) is 2.50. The highest BCUT2D eigenvalue weighted by Gasteiger charge is 2.18. The first-order chi connectivity index (χ1) is 14.9. The number of hydrogen-bond acceptors (Lipinski definition) is 8. The van der Waals surface area contributed by atoms with Crippen LogP contribution in [0.1, 0.15) is 5.56 Å². The third-order valence-corrected chi connectivity index (χ3v) is 5.19. The van der Waals surface area contributed by atoms with Gasteiger partial charge in [0.1, 0.15) is 23.7 Å². The van der Waals surface area contributed by atoms with Crippen LogP contribution >= 0.6 is 11.8 Å². The van der Waals surface area contributed by atoms with Gasteiger partial charge in [0, 0.05) is 18.8 Å². The molecule has 0 saturated heterocycles. The minimum Gasteiger partial charge on any atom is -0.497 e. The zero-order valence-corrected chi connectivity index (χ0v) is 17.3. The highest BCUT2D eigenvalue weighted by molar-refractivity contribution is 7.99. The van der Waals surface area contributed by atoms with E-state index in [0.717, 1.165) is 11.8 Å². The van der Waals surface area contributed by atoms with Gasteiger partial charge >= 0.3 is 0 Å². The maximum atomic E-state index is 12.4. The largest absolute Gasteiger partial charge is 0.497 e. The summed E-state index contributed by atoms with van der Waals surface area (Å²) in [5, 5.41) is 31.7. The Morgan fingerprint density at radius 1 is 1.32 bits per heavy atom. The molecule has 31 heavy (non-hydrogen) atoms. The van der Waals surface area contributed by atoms with Crippen LogP contribution in [0.5, 0.6) is 5.75 Å². The highest BCUT2D eigenvalue weighted by atomic mass is 32.2. The molecule has 0 unspecified atom stereocenters. The van der Waals surface area contributed by atoms with Crippen LogP contribution in [0.4, 0.5) is 11.4 Å². The van der Waals surface area contributed by atoms with Crippen LogP contribution in [0.3, 0.4) is 0 Å². The summed E-state index contributed by atoms with van der Waals surface area (Å²) < 4.78 is 6.70. The number of hydrogen-bond donors (Lipinski definition) is 1. The lowest BCUT2D eigenvalue weighted by Crippen LogP contribution is -2.13. The van der Waals surface area contributed by atoms with E-state index in [2.05, 4.69) is 15.5 Å². The molecule has 1 heterocycles. The summed E-state index contributed by atoms with van der Waals surface area (Å²) in [4.78, 5) is 23.8. The monoisotopic (exact) mass is 436 g/mol. The second-order valence-corrected chi connectivity index (χ2v) is 7.17.